The number of hydrogen-bond donors (Lipinski definition) is 2. The minimum atomic E-state index is -0.223. The van der Waals surface area contributed by atoms with Crippen LogP contribution in [0.2, 0.25) is 0 Å². The van der Waals surface area contributed by atoms with Crippen LogP contribution < -0.4 is 10.6 Å². The van der Waals surface area contributed by atoms with Gasteiger partial charge in [0.15, 0.2) is 0 Å². The molecule has 6 heteroatoms. The first-order valence-corrected chi connectivity index (χ1v) is 8.86. The number of para-hydroxylation sites is 1. The number of aromatic nitrogens is 1. The summed E-state index contributed by atoms with van der Waals surface area (Å²) in [6.07, 6.45) is 5.54. The molecule has 3 rings (SSSR count). The Labute approximate surface area is 153 Å². The minimum absolute atomic E-state index is 0.0327. The average Bonchev–Trinajstić information content (AvgIpc) is 2.69. The van der Waals surface area contributed by atoms with Crippen molar-refractivity contribution >= 4 is 17.5 Å². The van der Waals surface area contributed by atoms with Gasteiger partial charge in [0.25, 0.3) is 5.91 Å². The standard InChI is InChI=1S/C20H23N3O3/c24-19(12-15-7-10-26-11-8-15)22-14-16-4-1-2-6-18(16)23-20(25)17-5-3-9-21-13-17/h1-6,9,13,15H,7-8,10-12,14H2,(H,22,24)(H,23,25). The maximum absolute atomic E-state index is 12.3. The highest BCUT2D eigenvalue weighted by molar-refractivity contribution is 6.04. The van der Waals surface area contributed by atoms with Crippen molar-refractivity contribution < 1.29 is 14.3 Å². The van der Waals surface area contributed by atoms with Crippen LogP contribution in [0, 0.1) is 5.92 Å². The fraction of sp³-hybridized carbons (Fsp3) is 0.350. The first-order valence-electron chi connectivity index (χ1n) is 8.86. The zero-order valence-corrected chi connectivity index (χ0v) is 14.6. The molecule has 0 spiro atoms. The molecule has 0 aliphatic carbocycles. The fourth-order valence-corrected chi connectivity index (χ4v) is 2.97. The van der Waals surface area contributed by atoms with Crippen LogP contribution in [0.5, 0.6) is 0 Å². The highest BCUT2D eigenvalue weighted by atomic mass is 16.5. The minimum Gasteiger partial charge on any atom is -0.381 e. The molecule has 2 N–H and O–H groups in total. The number of rotatable bonds is 6. The topological polar surface area (TPSA) is 80.3 Å². The Balaban J connectivity index is 1.56. The predicted octanol–water partition coefficient (Wildman–Crippen LogP) is 2.77. The molecule has 6 nitrogen and oxygen atoms in total. The third-order valence-electron chi connectivity index (χ3n) is 4.48. The molecular formula is C20H23N3O3. The first kappa shape index (κ1) is 18.1. The highest BCUT2D eigenvalue weighted by Crippen LogP contribution is 2.19. The summed E-state index contributed by atoms with van der Waals surface area (Å²) in [6, 6.07) is 10.9. The monoisotopic (exact) mass is 353 g/mol. The lowest BCUT2D eigenvalue weighted by Gasteiger charge is -2.21. The number of carbonyl (C=O) groups excluding carboxylic acids is 2. The Hall–Kier alpha value is -2.73. The molecule has 1 aliphatic heterocycles. The van der Waals surface area contributed by atoms with Crippen molar-refractivity contribution in [2.75, 3.05) is 18.5 Å². The van der Waals surface area contributed by atoms with Gasteiger partial charge >= 0.3 is 0 Å². The van der Waals surface area contributed by atoms with Crippen LogP contribution in [0.15, 0.2) is 48.8 Å². The SMILES string of the molecule is O=C(CC1CCOCC1)NCc1ccccc1NC(=O)c1cccnc1. The van der Waals surface area contributed by atoms with Gasteiger partial charge in [0, 0.05) is 44.3 Å². The molecule has 136 valence electrons. The van der Waals surface area contributed by atoms with E-state index in [0.717, 1.165) is 31.6 Å². The number of amides is 2. The van der Waals surface area contributed by atoms with Crippen LogP contribution in [-0.4, -0.2) is 30.0 Å². The zero-order chi connectivity index (χ0) is 18.2. The number of ether oxygens (including phenoxy) is 1. The van der Waals surface area contributed by atoms with E-state index in [4.69, 9.17) is 4.74 Å². The van der Waals surface area contributed by atoms with Gasteiger partial charge in [0.1, 0.15) is 0 Å². The van der Waals surface area contributed by atoms with E-state index < -0.39 is 0 Å². The summed E-state index contributed by atoms with van der Waals surface area (Å²) < 4.78 is 5.32. The quantitative estimate of drug-likeness (QED) is 0.837. The van der Waals surface area contributed by atoms with Crippen molar-refractivity contribution in [1.29, 1.82) is 0 Å². The molecule has 1 fully saturated rings. The Morgan fingerprint density at radius 3 is 2.69 bits per heavy atom. The molecule has 0 atom stereocenters. The number of hydrogen-bond acceptors (Lipinski definition) is 4. The second-order valence-corrected chi connectivity index (χ2v) is 6.39. The van der Waals surface area contributed by atoms with Gasteiger partial charge < -0.3 is 15.4 Å². The van der Waals surface area contributed by atoms with E-state index in [1.807, 2.05) is 24.3 Å². The number of carbonyl (C=O) groups is 2. The Kier molecular flexibility index (Phi) is 6.33. The predicted molar refractivity (Wildman–Crippen MR) is 98.6 cm³/mol. The van der Waals surface area contributed by atoms with E-state index >= 15 is 0 Å². The van der Waals surface area contributed by atoms with E-state index in [0.29, 0.717) is 30.1 Å². The third kappa shape index (κ3) is 5.13. The summed E-state index contributed by atoms with van der Waals surface area (Å²) >= 11 is 0. The summed E-state index contributed by atoms with van der Waals surface area (Å²) in [5.41, 5.74) is 2.05. The van der Waals surface area contributed by atoms with Crippen LogP contribution in [0.3, 0.4) is 0 Å². The molecule has 2 heterocycles. The van der Waals surface area contributed by atoms with Crippen molar-refractivity contribution in [3.05, 3.63) is 59.9 Å². The average molecular weight is 353 g/mol. The molecule has 1 aliphatic rings. The van der Waals surface area contributed by atoms with Gasteiger partial charge in [-0.25, -0.2) is 0 Å². The maximum Gasteiger partial charge on any atom is 0.257 e. The lowest BCUT2D eigenvalue weighted by Crippen LogP contribution is -2.28. The second kappa shape index (κ2) is 9.10. The normalized spacial score (nSPS) is 14.6. The van der Waals surface area contributed by atoms with E-state index in [1.54, 1.807) is 18.3 Å². The van der Waals surface area contributed by atoms with Gasteiger partial charge in [-0.15, -0.1) is 0 Å². The van der Waals surface area contributed by atoms with Gasteiger partial charge in [0.2, 0.25) is 5.91 Å². The second-order valence-electron chi connectivity index (χ2n) is 6.39. The number of pyridine rings is 1. The molecule has 2 amide bonds. The summed E-state index contributed by atoms with van der Waals surface area (Å²) in [5.74, 6) is 0.202. The molecule has 1 saturated heterocycles. The van der Waals surface area contributed by atoms with E-state index in [-0.39, 0.29) is 11.8 Å². The maximum atomic E-state index is 12.3. The molecule has 0 unspecified atom stereocenters. The lowest BCUT2D eigenvalue weighted by molar-refractivity contribution is -0.122. The van der Waals surface area contributed by atoms with Crippen LogP contribution >= 0.6 is 0 Å². The largest absolute Gasteiger partial charge is 0.381 e. The van der Waals surface area contributed by atoms with Crippen LogP contribution in [0.1, 0.15) is 35.2 Å². The molecule has 2 aromatic rings. The number of nitrogens with one attached hydrogen (secondary N) is 2. The van der Waals surface area contributed by atoms with Crippen molar-refractivity contribution in [1.82, 2.24) is 10.3 Å². The number of anilines is 1. The van der Waals surface area contributed by atoms with Crippen molar-refractivity contribution in [2.45, 2.75) is 25.8 Å². The van der Waals surface area contributed by atoms with Gasteiger partial charge in [-0.05, 0) is 42.5 Å². The lowest BCUT2D eigenvalue weighted by atomic mass is 9.96. The molecule has 1 aromatic carbocycles. The Bertz CT molecular complexity index is 743. The van der Waals surface area contributed by atoms with E-state index in [2.05, 4.69) is 15.6 Å². The Morgan fingerprint density at radius 2 is 1.92 bits per heavy atom. The summed E-state index contributed by atoms with van der Waals surface area (Å²) in [6.45, 7) is 1.86. The van der Waals surface area contributed by atoms with Crippen molar-refractivity contribution in [2.24, 2.45) is 5.92 Å². The molecule has 0 radical (unpaired) electrons. The number of benzene rings is 1. The van der Waals surface area contributed by atoms with Crippen molar-refractivity contribution in [3.8, 4) is 0 Å². The van der Waals surface area contributed by atoms with Crippen LogP contribution in [-0.2, 0) is 16.1 Å². The van der Waals surface area contributed by atoms with E-state index in [1.165, 1.54) is 6.20 Å². The summed E-state index contributed by atoms with van der Waals surface area (Å²) in [5, 5.41) is 5.84. The molecule has 1 aromatic heterocycles. The zero-order valence-electron chi connectivity index (χ0n) is 14.6. The number of nitrogens with zero attached hydrogens (tertiary/aromatic N) is 1. The van der Waals surface area contributed by atoms with Gasteiger partial charge in [-0.1, -0.05) is 18.2 Å². The molecule has 0 saturated carbocycles. The van der Waals surface area contributed by atoms with Crippen LogP contribution in [0.25, 0.3) is 0 Å². The fourth-order valence-electron chi connectivity index (χ4n) is 2.97. The van der Waals surface area contributed by atoms with E-state index in [9.17, 15) is 9.59 Å². The Morgan fingerprint density at radius 1 is 1.12 bits per heavy atom. The summed E-state index contributed by atoms with van der Waals surface area (Å²) in [4.78, 5) is 28.5. The van der Waals surface area contributed by atoms with Gasteiger partial charge in [0.05, 0.1) is 5.56 Å². The summed E-state index contributed by atoms with van der Waals surface area (Å²) in [7, 11) is 0. The van der Waals surface area contributed by atoms with Gasteiger partial charge in [-0.3, -0.25) is 14.6 Å². The molecular weight excluding hydrogens is 330 g/mol. The first-order chi connectivity index (χ1) is 12.7. The smallest absolute Gasteiger partial charge is 0.257 e. The highest BCUT2D eigenvalue weighted by Gasteiger charge is 2.17. The van der Waals surface area contributed by atoms with Crippen LogP contribution in [0.4, 0.5) is 5.69 Å². The third-order valence-corrected chi connectivity index (χ3v) is 4.48. The van der Waals surface area contributed by atoms with Gasteiger partial charge in [-0.2, -0.15) is 0 Å². The molecule has 0 bridgehead atoms. The molecule has 26 heavy (non-hydrogen) atoms. The van der Waals surface area contributed by atoms with Crippen molar-refractivity contribution in [3.63, 3.8) is 0 Å².